The first-order valence-corrected chi connectivity index (χ1v) is 17.9. The van der Waals surface area contributed by atoms with Crippen molar-refractivity contribution in [3.8, 4) is 34.1 Å². The smallest absolute Gasteiger partial charge is 0.186 e. The van der Waals surface area contributed by atoms with Gasteiger partial charge in [0.1, 0.15) is 23.0 Å². The Morgan fingerprint density at radius 1 is 0.382 bits per heavy atom. The average molecular weight is 719 g/mol. The highest BCUT2D eigenvalue weighted by Gasteiger charge is 2.45. The SMILES string of the molecule is O=C1C=CC=C2C1=Cc1ccccc12.Oc1ccc(C2(c3ccc(O)cc3)c3ccccc3-c3ccccc32)cc1.Oc1ccccc1.Oc1ccccc1. The molecule has 0 aliphatic heterocycles. The zero-order valence-corrected chi connectivity index (χ0v) is 29.8. The predicted molar refractivity (Wildman–Crippen MR) is 220 cm³/mol. The third-order valence-electron chi connectivity index (χ3n) is 9.68. The molecule has 268 valence electrons. The van der Waals surface area contributed by atoms with Crippen LogP contribution >= 0.6 is 0 Å². The highest BCUT2D eigenvalue weighted by molar-refractivity contribution is 6.23. The fourth-order valence-electron chi connectivity index (χ4n) is 7.25. The summed E-state index contributed by atoms with van der Waals surface area (Å²) in [5, 5.41) is 37.0. The van der Waals surface area contributed by atoms with Crippen molar-refractivity contribution in [1.82, 2.24) is 0 Å². The second kappa shape index (κ2) is 16.1. The largest absolute Gasteiger partial charge is 0.508 e. The summed E-state index contributed by atoms with van der Waals surface area (Å²) in [6.07, 6.45) is 7.39. The molecule has 3 aliphatic rings. The number of ketones is 1. The maximum Gasteiger partial charge on any atom is 0.186 e. The number of hydrogen-bond acceptors (Lipinski definition) is 5. The van der Waals surface area contributed by atoms with Gasteiger partial charge in [0.25, 0.3) is 0 Å². The van der Waals surface area contributed by atoms with E-state index in [1.54, 1.807) is 78.9 Å². The molecule has 0 radical (unpaired) electrons. The van der Waals surface area contributed by atoms with Gasteiger partial charge in [0, 0.05) is 5.57 Å². The second-order valence-corrected chi connectivity index (χ2v) is 13.1. The Morgan fingerprint density at radius 2 is 0.782 bits per heavy atom. The number of carbonyl (C=O) groups excluding carboxylic acids is 1. The summed E-state index contributed by atoms with van der Waals surface area (Å²) in [5.41, 5.74) is 10.7. The molecule has 0 saturated carbocycles. The van der Waals surface area contributed by atoms with Gasteiger partial charge in [-0.15, -0.1) is 0 Å². The molecule has 7 aromatic carbocycles. The van der Waals surface area contributed by atoms with Gasteiger partial charge < -0.3 is 20.4 Å². The van der Waals surface area contributed by atoms with Crippen molar-refractivity contribution < 1.29 is 25.2 Å². The molecule has 7 aromatic rings. The number of benzene rings is 7. The number of hydrogen-bond donors (Lipinski definition) is 4. The van der Waals surface area contributed by atoms with Gasteiger partial charge in [-0.3, -0.25) is 4.79 Å². The van der Waals surface area contributed by atoms with E-state index in [1.807, 2.05) is 72.8 Å². The monoisotopic (exact) mass is 718 g/mol. The number of carbonyl (C=O) groups is 1. The van der Waals surface area contributed by atoms with Gasteiger partial charge in [-0.05, 0) is 111 Å². The van der Waals surface area contributed by atoms with Gasteiger partial charge in [0.2, 0.25) is 0 Å². The number of fused-ring (bicyclic) bond motifs is 6. The van der Waals surface area contributed by atoms with Crippen LogP contribution in [0.15, 0.2) is 206 Å². The highest BCUT2D eigenvalue weighted by atomic mass is 16.3. The minimum Gasteiger partial charge on any atom is -0.508 e. The summed E-state index contributed by atoms with van der Waals surface area (Å²) in [6, 6.07) is 57.4. The van der Waals surface area contributed by atoms with Crippen molar-refractivity contribution in [2.45, 2.75) is 5.41 Å². The standard InChI is InChI=1S/C25H18O2.C13H8O.2C6H6O/c26-19-13-9-17(10-14-19)25(18-11-15-20(27)16-12-18)23-7-3-1-5-21(23)22-6-2-4-8-24(22)25;14-13-7-3-6-11-10-5-2-1-4-9(10)8-12(11)13;2*7-6-4-2-1-3-5-6/h1-16,26-27H;1-8H;2*1-5,7H. The lowest BCUT2D eigenvalue weighted by atomic mass is 9.68. The van der Waals surface area contributed by atoms with Crippen LogP contribution in [-0.2, 0) is 10.2 Å². The molecule has 0 unspecified atom stereocenters. The molecule has 10 rings (SSSR count). The van der Waals surface area contributed by atoms with Gasteiger partial charge in [-0.2, -0.15) is 0 Å². The number of rotatable bonds is 2. The molecule has 5 nitrogen and oxygen atoms in total. The maximum absolute atomic E-state index is 11.5. The summed E-state index contributed by atoms with van der Waals surface area (Å²) < 4.78 is 0. The number of para-hydroxylation sites is 2. The Morgan fingerprint density at radius 3 is 1.24 bits per heavy atom. The van der Waals surface area contributed by atoms with Crippen LogP contribution in [0, 0.1) is 0 Å². The molecule has 3 aliphatic carbocycles. The van der Waals surface area contributed by atoms with Crippen LogP contribution in [0.5, 0.6) is 23.0 Å². The van der Waals surface area contributed by atoms with Gasteiger partial charge in [0.05, 0.1) is 5.41 Å². The Hall–Kier alpha value is -7.37. The van der Waals surface area contributed by atoms with Crippen LogP contribution in [0.2, 0.25) is 0 Å². The van der Waals surface area contributed by atoms with Gasteiger partial charge >= 0.3 is 0 Å². The normalized spacial score (nSPS) is 13.3. The van der Waals surface area contributed by atoms with Gasteiger partial charge in [-0.25, -0.2) is 0 Å². The van der Waals surface area contributed by atoms with E-state index in [4.69, 9.17) is 10.2 Å². The first-order valence-electron chi connectivity index (χ1n) is 17.9. The zero-order valence-electron chi connectivity index (χ0n) is 29.8. The van der Waals surface area contributed by atoms with Gasteiger partial charge in [-0.1, -0.05) is 146 Å². The maximum atomic E-state index is 11.5. The Labute approximate surface area is 320 Å². The Balaban J connectivity index is 0.000000136. The lowest BCUT2D eigenvalue weighted by Gasteiger charge is -2.33. The van der Waals surface area contributed by atoms with E-state index in [0.29, 0.717) is 11.5 Å². The average Bonchev–Trinajstić information content (AvgIpc) is 3.75. The predicted octanol–water partition coefficient (Wildman–Crippen LogP) is 10.9. The van der Waals surface area contributed by atoms with Crippen LogP contribution in [0.1, 0.15) is 33.4 Å². The summed E-state index contributed by atoms with van der Waals surface area (Å²) in [4.78, 5) is 11.5. The molecule has 0 aromatic heterocycles. The van der Waals surface area contributed by atoms with Crippen molar-refractivity contribution in [1.29, 1.82) is 0 Å². The molecule has 0 atom stereocenters. The molecule has 4 N–H and O–H groups in total. The van der Waals surface area contributed by atoms with Crippen molar-refractivity contribution in [3.63, 3.8) is 0 Å². The van der Waals surface area contributed by atoms with E-state index in [9.17, 15) is 15.0 Å². The highest BCUT2D eigenvalue weighted by Crippen LogP contribution is 2.56. The quantitative estimate of drug-likeness (QED) is 0.143. The van der Waals surface area contributed by atoms with E-state index in [2.05, 4.69) is 54.6 Å². The second-order valence-electron chi connectivity index (χ2n) is 13.1. The molecule has 0 spiro atoms. The third-order valence-corrected chi connectivity index (χ3v) is 9.68. The van der Waals surface area contributed by atoms with E-state index in [-0.39, 0.29) is 17.3 Å². The molecule has 0 saturated heterocycles. The van der Waals surface area contributed by atoms with Gasteiger partial charge in [0.15, 0.2) is 5.78 Å². The van der Waals surface area contributed by atoms with Crippen LogP contribution < -0.4 is 0 Å². The van der Waals surface area contributed by atoms with E-state index >= 15 is 0 Å². The van der Waals surface area contributed by atoms with Crippen molar-refractivity contribution >= 4 is 17.4 Å². The number of allylic oxidation sites excluding steroid dienone is 5. The first kappa shape index (κ1) is 36.0. The molecule has 0 fully saturated rings. The summed E-state index contributed by atoms with van der Waals surface area (Å²) in [6.45, 7) is 0. The summed E-state index contributed by atoms with van der Waals surface area (Å²) in [5.74, 6) is 1.25. The minimum atomic E-state index is -0.491. The molecule has 0 heterocycles. The first-order chi connectivity index (χ1) is 26.9. The van der Waals surface area contributed by atoms with Crippen molar-refractivity contribution in [2.75, 3.05) is 0 Å². The van der Waals surface area contributed by atoms with Crippen LogP contribution in [0.4, 0.5) is 0 Å². The topological polar surface area (TPSA) is 98.0 Å². The number of phenolic OH excluding ortho intramolecular Hbond substituents is 4. The Bertz CT molecular complexity index is 2380. The zero-order chi connectivity index (χ0) is 38.2. The molecule has 0 amide bonds. The van der Waals surface area contributed by atoms with E-state index in [1.165, 1.54) is 27.8 Å². The molecule has 5 heteroatoms. The van der Waals surface area contributed by atoms with Crippen molar-refractivity contribution in [2.24, 2.45) is 0 Å². The van der Waals surface area contributed by atoms with E-state index in [0.717, 1.165) is 27.8 Å². The Kier molecular flexibility index (Phi) is 10.5. The summed E-state index contributed by atoms with van der Waals surface area (Å²) >= 11 is 0. The fourth-order valence-corrected chi connectivity index (χ4v) is 7.25. The van der Waals surface area contributed by atoms with Crippen LogP contribution in [-0.4, -0.2) is 26.2 Å². The third kappa shape index (κ3) is 7.45. The number of aromatic hydroxyl groups is 4. The fraction of sp³-hybridized carbons (Fsp3) is 0.0200. The molecular formula is C50H38O5. The lowest BCUT2D eigenvalue weighted by molar-refractivity contribution is -0.110. The number of phenols is 4. The van der Waals surface area contributed by atoms with Crippen LogP contribution in [0.3, 0.4) is 0 Å². The summed E-state index contributed by atoms with van der Waals surface area (Å²) in [7, 11) is 0. The van der Waals surface area contributed by atoms with E-state index < -0.39 is 5.41 Å². The van der Waals surface area contributed by atoms with Crippen LogP contribution in [0.25, 0.3) is 22.8 Å². The molecule has 0 bridgehead atoms. The molecule has 55 heavy (non-hydrogen) atoms. The lowest BCUT2D eigenvalue weighted by Crippen LogP contribution is -2.28. The molecular weight excluding hydrogens is 681 g/mol. The van der Waals surface area contributed by atoms with Crippen molar-refractivity contribution in [3.05, 3.63) is 239 Å². The minimum absolute atomic E-state index is 0.110.